The number of hydrogen-bond donors (Lipinski definition) is 2. The Balaban J connectivity index is 2.44. The van der Waals surface area contributed by atoms with Crippen LogP contribution < -0.4 is 26.0 Å². The molecule has 0 aliphatic carbocycles. The van der Waals surface area contributed by atoms with Gasteiger partial charge in [0, 0.05) is 13.1 Å². The number of ether oxygens (including phenoxy) is 2. The summed E-state index contributed by atoms with van der Waals surface area (Å²) in [6.07, 6.45) is 0.659. The fourth-order valence-corrected chi connectivity index (χ4v) is 1.88. The predicted octanol–water partition coefficient (Wildman–Crippen LogP) is 0.903. The molecule has 1 aromatic heterocycles. The van der Waals surface area contributed by atoms with Crippen molar-refractivity contribution in [1.29, 1.82) is 5.41 Å². The number of carbonyl (C=O) groups is 1. The van der Waals surface area contributed by atoms with Crippen LogP contribution in [0.2, 0.25) is 0 Å². The van der Waals surface area contributed by atoms with Gasteiger partial charge in [-0.05, 0) is 12.1 Å². The fourth-order valence-electron chi connectivity index (χ4n) is 1.88. The second-order valence-electron chi connectivity index (χ2n) is 4.53. The van der Waals surface area contributed by atoms with E-state index in [0.29, 0.717) is 22.3 Å². The predicted molar refractivity (Wildman–Crippen MR) is 79.4 cm³/mol. The molecule has 23 heavy (non-hydrogen) atoms. The highest BCUT2D eigenvalue weighted by molar-refractivity contribution is 5.92. The van der Waals surface area contributed by atoms with E-state index in [2.05, 4.69) is 5.32 Å². The number of amides is 1. The van der Waals surface area contributed by atoms with Gasteiger partial charge in [-0.2, -0.15) is 0 Å². The Labute approximate surface area is 130 Å². The normalized spacial score (nSPS) is 10.3. The third-order valence-electron chi connectivity index (χ3n) is 3.16. The number of hydrogen-bond acceptors (Lipinski definition) is 5. The van der Waals surface area contributed by atoms with Gasteiger partial charge in [0.05, 0.1) is 26.1 Å². The van der Waals surface area contributed by atoms with Gasteiger partial charge in [0.2, 0.25) is 0 Å². The topological polar surface area (TPSA) is 98.3 Å². The number of nitrogens with one attached hydrogen (secondary N) is 2. The Morgan fingerprint density at radius 1 is 1.30 bits per heavy atom. The van der Waals surface area contributed by atoms with Gasteiger partial charge in [-0.15, -0.1) is 0 Å². The molecular weight excluding hydrogens is 307 g/mol. The molecule has 0 saturated carbocycles. The van der Waals surface area contributed by atoms with Crippen molar-refractivity contribution < 1.29 is 18.7 Å². The summed E-state index contributed by atoms with van der Waals surface area (Å²) in [6.45, 7) is 0. The van der Waals surface area contributed by atoms with E-state index in [1.165, 1.54) is 27.3 Å². The van der Waals surface area contributed by atoms with E-state index in [4.69, 9.17) is 14.9 Å². The monoisotopic (exact) mass is 322 g/mol. The van der Waals surface area contributed by atoms with Crippen molar-refractivity contribution in [1.82, 2.24) is 9.13 Å². The highest BCUT2D eigenvalue weighted by Crippen LogP contribution is 2.28. The minimum Gasteiger partial charge on any atom is -0.497 e. The lowest BCUT2D eigenvalue weighted by molar-refractivity contribution is 0.251. The molecule has 122 valence electrons. The molecule has 8 nitrogen and oxygen atoms in total. The van der Waals surface area contributed by atoms with Crippen LogP contribution in [0.25, 0.3) is 0 Å². The molecule has 2 rings (SSSR count). The van der Waals surface area contributed by atoms with Crippen LogP contribution in [0.15, 0.2) is 29.2 Å². The zero-order valence-electron chi connectivity index (χ0n) is 12.7. The van der Waals surface area contributed by atoms with E-state index in [0.717, 1.165) is 4.57 Å². The summed E-state index contributed by atoms with van der Waals surface area (Å²) in [5.74, 6) is -0.194. The third-order valence-corrected chi connectivity index (χ3v) is 3.16. The molecule has 0 aliphatic heterocycles. The number of halogens is 1. The van der Waals surface area contributed by atoms with E-state index in [1.54, 1.807) is 12.1 Å². The van der Waals surface area contributed by atoms with Crippen molar-refractivity contribution in [3.05, 3.63) is 46.2 Å². The Kier molecular flexibility index (Phi) is 4.49. The van der Waals surface area contributed by atoms with Gasteiger partial charge < -0.3 is 14.8 Å². The van der Waals surface area contributed by atoms with Crippen LogP contribution in [0.3, 0.4) is 0 Å². The molecule has 0 fully saturated rings. The first-order valence-corrected chi connectivity index (χ1v) is 6.45. The van der Waals surface area contributed by atoms with Gasteiger partial charge in [0.1, 0.15) is 11.5 Å². The number of aromatic nitrogens is 2. The quantitative estimate of drug-likeness (QED) is 0.877. The second kappa shape index (κ2) is 6.34. The molecule has 0 spiro atoms. The molecule has 0 atom stereocenters. The van der Waals surface area contributed by atoms with Crippen molar-refractivity contribution >= 4 is 11.7 Å². The summed E-state index contributed by atoms with van der Waals surface area (Å²) >= 11 is 0. The third kappa shape index (κ3) is 3.07. The summed E-state index contributed by atoms with van der Waals surface area (Å²) in [5, 5.41) is 9.81. The second-order valence-corrected chi connectivity index (χ2v) is 4.53. The van der Waals surface area contributed by atoms with Crippen LogP contribution >= 0.6 is 0 Å². The molecule has 0 saturated heterocycles. The maximum atomic E-state index is 13.6. The maximum absolute atomic E-state index is 13.6. The molecule has 2 N–H and O–H groups in total. The first-order valence-electron chi connectivity index (χ1n) is 6.45. The van der Waals surface area contributed by atoms with E-state index in [-0.39, 0.29) is 5.69 Å². The summed E-state index contributed by atoms with van der Waals surface area (Å²) in [5.41, 5.74) is -1.21. The van der Waals surface area contributed by atoms with Crippen LogP contribution in [0.1, 0.15) is 0 Å². The molecule has 9 heteroatoms. The van der Waals surface area contributed by atoms with Crippen LogP contribution in [0.4, 0.5) is 14.9 Å². The smallest absolute Gasteiger partial charge is 0.337 e. The highest BCUT2D eigenvalue weighted by atomic mass is 19.1. The van der Waals surface area contributed by atoms with E-state index in [1.807, 2.05) is 0 Å². The lowest BCUT2D eigenvalue weighted by atomic mass is 10.2. The van der Waals surface area contributed by atoms with Crippen LogP contribution in [0, 0.1) is 11.2 Å². The summed E-state index contributed by atoms with van der Waals surface area (Å²) in [6, 6.07) is 3.81. The zero-order chi connectivity index (χ0) is 17.1. The first-order chi connectivity index (χ1) is 10.9. The molecule has 1 heterocycles. The summed E-state index contributed by atoms with van der Waals surface area (Å²) in [4.78, 5) is 24.2. The van der Waals surface area contributed by atoms with Gasteiger partial charge >= 0.3 is 11.7 Å². The van der Waals surface area contributed by atoms with Crippen LogP contribution in [-0.4, -0.2) is 29.4 Å². The molecule has 0 radical (unpaired) electrons. The van der Waals surface area contributed by atoms with Crippen LogP contribution in [0.5, 0.6) is 11.5 Å². The Morgan fingerprint density at radius 2 is 2.00 bits per heavy atom. The average molecular weight is 322 g/mol. The standard InChI is InChI=1S/C14H15FN4O4/c1-18-12(16)9(15)7-19(14(18)21)13(20)17-10-6-8(22-2)4-5-11(10)23-3/h4-7,16H,1-3H3,(H,17,20). The molecule has 1 amide bonds. The van der Waals surface area contributed by atoms with Gasteiger partial charge in [0.15, 0.2) is 11.3 Å². The van der Waals surface area contributed by atoms with Gasteiger partial charge in [-0.1, -0.05) is 0 Å². The van der Waals surface area contributed by atoms with Gasteiger partial charge in [-0.25, -0.2) is 18.5 Å². The lowest BCUT2D eigenvalue weighted by Gasteiger charge is -2.13. The number of methoxy groups -OCH3 is 2. The van der Waals surface area contributed by atoms with Gasteiger partial charge in [-0.3, -0.25) is 9.98 Å². The first kappa shape index (κ1) is 16.3. The number of nitrogens with zero attached hydrogens (tertiary/aromatic N) is 2. The Morgan fingerprint density at radius 3 is 2.61 bits per heavy atom. The average Bonchev–Trinajstić information content (AvgIpc) is 2.55. The molecule has 0 bridgehead atoms. The minimum absolute atomic E-state index is 0.252. The molecule has 0 aliphatic rings. The molecule has 0 unspecified atom stereocenters. The van der Waals surface area contributed by atoms with Crippen molar-refractivity contribution in [2.75, 3.05) is 19.5 Å². The molecule has 2 aromatic rings. The van der Waals surface area contributed by atoms with Crippen molar-refractivity contribution in [2.24, 2.45) is 7.05 Å². The van der Waals surface area contributed by atoms with E-state index >= 15 is 0 Å². The highest BCUT2D eigenvalue weighted by Gasteiger charge is 2.15. The molecule has 1 aromatic carbocycles. The summed E-state index contributed by atoms with van der Waals surface area (Å²) < 4.78 is 25.0. The number of benzene rings is 1. The van der Waals surface area contributed by atoms with Gasteiger partial charge in [0.25, 0.3) is 0 Å². The van der Waals surface area contributed by atoms with Crippen molar-refractivity contribution in [3.8, 4) is 11.5 Å². The molecular formula is C14H15FN4O4. The zero-order valence-corrected chi connectivity index (χ0v) is 12.7. The Bertz CT molecular complexity index is 872. The van der Waals surface area contributed by atoms with Crippen molar-refractivity contribution in [2.45, 2.75) is 0 Å². The number of anilines is 1. The lowest BCUT2D eigenvalue weighted by Crippen LogP contribution is -2.43. The fraction of sp³-hybridized carbons (Fsp3) is 0.214. The largest absolute Gasteiger partial charge is 0.497 e. The van der Waals surface area contributed by atoms with E-state index < -0.39 is 23.0 Å². The minimum atomic E-state index is -1.00. The maximum Gasteiger partial charge on any atom is 0.337 e. The number of carbonyl (C=O) groups excluding carboxylic acids is 1. The summed E-state index contributed by atoms with van der Waals surface area (Å²) in [7, 11) is 4.07. The van der Waals surface area contributed by atoms with Crippen LogP contribution in [-0.2, 0) is 7.05 Å². The number of rotatable bonds is 3. The van der Waals surface area contributed by atoms with Crippen molar-refractivity contribution in [3.63, 3.8) is 0 Å². The Hall–Kier alpha value is -3.10. The SMILES string of the molecule is COc1ccc(OC)c(NC(=O)n2cc(F)c(=N)n(C)c2=O)c1. The van der Waals surface area contributed by atoms with E-state index in [9.17, 15) is 14.0 Å².